The third-order valence-corrected chi connectivity index (χ3v) is 4.31. The molecule has 0 radical (unpaired) electrons. The van der Waals surface area contributed by atoms with Gasteiger partial charge in [-0.25, -0.2) is 4.68 Å². The van der Waals surface area contributed by atoms with Crippen molar-refractivity contribution in [3.05, 3.63) is 46.5 Å². The van der Waals surface area contributed by atoms with E-state index in [0.717, 1.165) is 23.1 Å². The highest BCUT2D eigenvalue weighted by Crippen LogP contribution is 2.19. The maximum Gasteiger partial charge on any atom is 0.291 e. The van der Waals surface area contributed by atoms with Crippen molar-refractivity contribution in [2.24, 2.45) is 5.92 Å². The van der Waals surface area contributed by atoms with Crippen molar-refractivity contribution in [2.45, 2.75) is 40.2 Å². The summed E-state index contributed by atoms with van der Waals surface area (Å²) in [6.45, 7) is 6.77. The minimum atomic E-state index is -0.243. The van der Waals surface area contributed by atoms with Gasteiger partial charge in [-0.2, -0.15) is 5.10 Å². The number of hydrogen-bond acceptors (Lipinski definition) is 3. The zero-order valence-electron chi connectivity index (χ0n) is 15.0. The number of para-hydroxylation sites is 1. The summed E-state index contributed by atoms with van der Waals surface area (Å²) in [5, 5.41) is 8.28. The Labute approximate surface area is 146 Å². The van der Waals surface area contributed by atoms with Gasteiger partial charge < -0.3 is 5.32 Å². The lowest BCUT2D eigenvalue weighted by atomic mass is 10.1. The smallest absolute Gasteiger partial charge is 0.291 e. The molecule has 0 aliphatic carbocycles. The molecule has 3 rings (SSSR count). The van der Waals surface area contributed by atoms with Gasteiger partial charge in [-0.05, 0) is 24.5 Å². The average molecular weight is 340 g/mol. The molecular formula is C19H24N4O2. The van der Waals surface area contributed by atoms with E-state index in [9.17, 15) is 9.59 Å². The van der Waals surface area contributed by atoms with Crippen molar-refractivity contribution in [1.29, 1.82) is 0 Å². The van der Waals surface area contributed by atoms with E-state index in [-0.39, 0.29) is 18.0 Å². The van der Waals surface area contributed by atoms with Gasteiger partial charge in [0.25, 0.3) is 5.56 Å². The molecule has 0 fully saturated rings. The highest BCUT2D eigenvalue weighted by atomic mass is 16.2. The lowest BCUT2D eigenvalue weighted by Gasteiger charge is -2.11. The monoisotopic (exact) mass is 340 g/mol. The summed E-state index contributed by atoms with van der Waals surface area (Å²) in [7, 11) is 0. The van der Waals surface area contributed by atoms with Gasteiger partial charge >= 0.3 is 0 Å². The third kappa shape index (κ3) is 3.43. The van der Waals surface area contributed by atoms with Crippen LogP contribution in [0.4, 0.5) is 0 Å². The first kappa shape index (κ1) is 17.2. The maximum absolute atomic E-state index is 12.8. The Morgan fingerprint density at radius 2 is 2.00 bits per heavy atom. The number of fused-ring (bicyclic) bond motifs is 3. The van der Waals surface area contributed by atoms with Crippen LogP contribution >= 0.6 is 0 Å². The Morgan fingerprint density at radius 1 is 1.24 bits per heavy atom. The van der Waals surface area contributed by atoms with Crippen molar-refractivity contribution in [3.63, 3.8) is 0 Å². The number of benzene rings is 1. The van der Waals surface area contributed by atoms with Crippen LogP contribution in [-0.2, 0) is 17.8 Å². The van der Waals surface area contributed by atoms with Crippen LogP contribution in [0.3, 0.4) is 0 Å². The fourth-order valence-corrected chi connectivity index (χ4v) is 2.98. The van der Waals surface area contributed by atoms with Crippen molar-refractivity contribution < 1.29 is 4.79 Å². The number of rotatable bonds is 6. The SMILES string of the molecule is CCc1nn(CC(=O)NCCC(C)C)c(=O)c2cc3ccccc3n12. The molecule has 1 N–H and O–H groups in total. The van der Waals surface area contributed by atoms with Crippen LogP contribution in [0.1, 0.15) is 33.0 Å². The largest absolute Gasteiger partial charge is 0.354 e. The highest BCUT2D eigenvalue weighted by Gasteiger charge is 2.15. The molecule has 1 aromatic carbocycles. The van der Waals surface area contributed by atoms with E-state index in [1.54, 1.807) is 0 Å². The summed E-state index contributed by atoms with van der Waals surface area (Å²) in [5.74, 6) is 1.11. The Balaban J connectivity index is 1.97. The van der Waals surface area contributed by atoms with Gasteiger partial charge in [0.1, 0.15) is 17.9 Å². The van der Waals surface area contributed by atoms with E-state index in [2.05, 4.69) is 24.3 Å². The van der Waals surface area contributed by atoms with Crippen LogP contribution in [0.25, 0.3) is 16.4 Å². The van der Waals surface area contributed by atoms with Crippen molar-refractivity contribution >= 4 is 22.3 Å². The molecule has 3 aromatic rings. The number of nitrogens with one attached hydrogen (secondary N) is 1. The van der Waals surface area contributed by atoms with E-state index in [1.165, 1.54) is 4.68 Å². The second-order valence-corrected chi connectivity index (χ2v) is 6.69. The summed E-state index contributed by atoms with van der Waals surface area (Å²) < 4.78 is 3.17. The second kappa shape index (κ2) is 7.09. The highest BCUT2D eigenvalue weighted by molar-refractivity contribution is 5.87. The van der Waals surface area contributed by atoms with Crippen LogP contribution in [0.5, 0.6) is 0 Å². The first-order valence-electron chi connectivity index (χ1n) is 8.78. The van der Waals surface area contributed by atoms with Gasteiger partial charge in [0.15, 0.2) is 0 Å². The third-order valence-electron chi connectivity index (χ3n) is 4.31. The number of aromatic nitrogens is 3. The minimum Gasteiger partial charge on any atom is -0.354 e. The first-order chi connectivity index (χ1) is 12.0. The molecule has 0 unspecified atom stereocenters. The molecule has 1 amide bonds. The Hall–Kier alpha value is -2.63. The minimum absolute atomic E-state index is 0.0536. The molecule has 2 heterocycles. The molecule has 0 atom stereocenters. The number of hydrogen-bond donors (Lipinski definition) is 1. The van der Waals surface area contributed by atoms with E-state index in [0.29, 0.717) is 24.4 Å². The molecular weight excluding hydrogens is 316 g/mol. The molecule has 0 spiro atoms. The van der Waals surface area contributed by atoms with E-state index >= 15 is 0 Å². The predicted octanol–water partition coefficient (Wildman–Crippen LogP) is 2.37. The summed E-state index contributed by atoms with van der Waals surface area (Å²) in [6.07, 6.45) is 1.59. The van der Waals surface area contributed by atoms with Crippen molar-refractivity contribution in [3.8, 4) is 0 Å². The molecule has 0 aliphatic rings. The summed E-state index contributed by atoms with van der Waals surface area (Å²) in [4.78, 5) is 24.9. The van der Waals surface area contributed by atoms with Gasteiger partial charge in [0, 0.05) is 18.4 Å². The van der Waals surface area contributed by atoms with Crippen molar-refractivity contribution in [2.75, 3.05) is 6.54 Å². The predicted molar refractivity (Wildman–Crippen MR) is 98.8 cm³/mol. The quantitative estimate of drug-likeness (QED) is 0.749. The number of nitrogens with zero attached hydrogens (tertiary/aromatic N) is 3. The topological polar surface area (TPSA) is 68.4 Å². The molecule has 0 bridgehead atoms. The fourth-order valence-electron chi connectivity index (χ4n) is 2.98. The lowest BCUT2D eigenvalue weighted by molar-refractivity contribution is -0.121. The van der Waals surface area contributed by atoms with Crippen LogP contribution in [0.2, 0.25) is 0 Å². The Bertz CT molecular complexity index is 969. The molecule has 132 valence electrons. The van der Waals surface area contributed by atoms with Crippen LogP contribution in [0, 0.1) is 5.92 Å². The van der Waals surface area contributed by atoms with Crippen LogP contribution < -0.4 is 10.9 Å². The molecule has 0 aliphatic heterocycles. The maximum atomic E-state index is 12.8. The molecule has 25 heavy (non-hydrogen) atoms. The van der Waals surface area contributed by atoms with Crippen LogP contribution in [0.15, 0.2) is 35.1 Å². The standard InChI is InChI=1S/C19H24N4O2/c1-4-17-21-22(12-18(24)20-10-9-13(2)3)19(25)16-11-14-7-5-6-8-15(14)23(16)17/h5-8,11,13H,4,9-10,12H2,1-3H3,(H,20,24). The molecule has 0 saturated carbocycles. The zero-order valence-corrected chi connectivity index (χ0v) is 15.0. The van der Waals surface area contributed by atoms with Gasteiger partial charge in [0.05, 0.1) is 5.52 Å². The van der Waals surface area contributed by atoms with E-state index in [4.69, 9.17) is 0 Å². The Morgan fingerprint density at radius 3 is 2.72 bits per heavy atom. The number of carbonyl (C=O) groups is 1. The number of aryl methyl sites for hydroxylation is 1. The zero-order chi connectivity index (χ0) is 18.0. The lowest BCUT2D eigenvalue weighted by Crippen LogP contribution is -2.35. The van der Waals surface area contributed by atoms with Gasteiger partial charge in [-0.15, -0.1) is 0 Å². The normalized spacial score (nSPS) is 11.5. The molecule has 2 aromatic heterocycles. The summed E-state index contributed by atoms with van der Waals surface area (Å²) in [5.41, 5.74) is 1.28. The number of amides is 1. The second-order valence-electron chi connectivity index (χ2n) is 6.69. The summed E-state index contributed by atoms with van der Waals surface area (Å²) >= 11 is 0. The Kier molecular flexibility index (Phi) is 4.88. The molecule has 6 nitrogen and oxygen atoms in total. The average Bonchev–Trinajstić information content (AvgIpc) is 2.97. The fraction of sp³-hybridized carbons (Fsp3) is 0.421. The van der Waals surface area contributed by atoms with Crippen LogP contribution in [-0.4, -0.2) is 26.6 Å². The molecule has 6 heteroatoms. The van der Waals surface area contributed by atoms with Gasteiger partial charge in [0.2, 0.25) is 5.91 Å². The van der Waals surface area contributed by atoms with Gasteiger partial charge in [-0.1, -0.05) is 39.0 Å². The number of carbonyl (C=O) groups excluding carboxylic acids is 1. The van der Waals surface area contributed by atoms with E-state index in [1.807, 2.05) is 41.7 Å². The van der Waals surface area contributed by atoms with Gasteiger partial charge in [-0.3, -0.25) is 14.0 Å². The first-order valence-corrected chi connectivity index (χ1v) is 8.78. The van der Waals surface area contributed by atoms with E-state index < -0.39 is 0 Å². The van der Waals surface area contributed by atoms with Crippen molar-refractivity contribution in [1.82, 2.24) is 19.5 Å². The summed E-state index contributed by atoms with van der Waals surface area (Å²) in [6, 6.07) is 9.71. The molecule has 0 saturated heterocycles.